The minimum absolute atomic E-state index is 0.0324. The van der Waals surface area contributed by atoms with E-state index in [1.54, 1.807) is 6.07 Å². The Morgan fingerprint density at radius 1 is 0.632 bits per heavy atom. The number of aryl methyl sites for hydroxylation is 1. The molecular formula is C44H69ClN8O4. The maximum absolute atomic E-state index is 12.7. The minimum atomic E-state index is -0.208. The highest BCUT2D eigenvalue weighted by atomic mass is 35.5. The first kappa shape index (κ1) is 42.4. The molecule has 4 unspecified atom stereocenters. The number of halogens is 1. The molecule has 4 saturated carbocycles. The highest BCUT2D eigenvalue weighted by molar-refractivity contribution is 6.31. The van der Waals surface area contributed by atoms with Gasteiger partial charge in [0.2, 0.25) is 23.6 Å². The molecule has 316 valence electrons. The molecule has 1 aromatic carbocycles. The van der Waals surface area contributed by atoms with E-state index in [-0.39, 0.29) is 34.7 Å². The first-order valence-corrected chi connectivity index (χ1v) is 22.1. The third kappa shape index (κ3) is 11.1. The number of piperazine rings is 2. The number of hydrogen-bond donors (Lipinski definition) is 4. The molecule has 0 aromatic heterocycles. The number of carbonyl (C=O) groups is 4. The number of benzene rings is 1. The largest absolute Gasteiger partial charge is 0.354 e. The molecule has 11 rings (SSSR count). The molecule has 10 fully saturated rings. The molecule has 4 N–H and O–H groups in total. The van der Waals surface area contributed by atoms with Gasteiger partial charge in [0.25, 0.3) is 0 Å². The van der Waals surface area contributed by atoms with E-state index in [1.165, 1.54) is 38.5 Å². The normalized spacial score (nSPS) is 32.0. The fraction of sp³-hybridized carbons (Fsp3) is 0.773. The predicted molar refractivity (Wildman–Crippen MR) is 225 cm³/mol. The van der Waals surface area contributed by atoms with Crippen molar-refractivity contribution in [1.82, 2.24) is 35.6 Å². The fourth-order valence-corrected chi connectivity index (χ4v) is 12.1. The molecule has 6 saturated heterocycles. The Balaban J connectivity index is 0.000000175. The van der Waals surface area contributed by atoms with Crippen LogP contribution in [0.25, 0.3) is 0 Å². The molecule has 6 aliphatic heterocycles. The fourth-order valence-electron chi connectivity index (χ4n) is 11.8. The van der Waals surface area contributed by atoms with Gasteiger partial charge in [0.1, 0.15) is 0 Å². The van der Waals surface area contributed by atoms with Gasteiger partial charge in [-0.15, -0.1) is 0 Å². The van der Waals surface area contributed by atoms with E-state index < -0.39 is 0 Å². The summed E-state index contributed by atoms with van der Waals surface area (Å²) in [6.45, 7) is 20.1. The monoisotopic (exact) mass is 809 g/mol. The zero-order chi connectivity index (χ0) is 40.9. The average molecular weight is 810 g/mol. The number of anilines is 1. The molecule has 12 nitrogen and oxygen atoms in total. The smallest absolute Gasteiger partial charge is 0.238 e. The lowest BCUT2D eigenvalue weighted by atomic mass is 9.49. The van der Waals surface area contributed by atoms with Gasteiger partial charge in [-0.3, -0.25) is 38.8 Å². The number of hydrogen-bond acceptors (Lipinski definition) is 8. The van der Waals surface area contributed by atoms with Gasteiger partial charge in [-0.25, -0.2) is 0 Å². The van der Waals surface area contributed by atoms with Crippen LogP contribution in [-0.2, 0) is 19.2 Å². The van der Waals surface area contributed by atoms with E-state index in [2.05, 4.69) is 40.9 Å². The van der Waals surface area contributed by atoms with Crippen molar-refractivity contribution >= 4 is 40.9 Å². The number of piperidine rings is 2. The minimum Gasteiger partial charge on any atom is -0.354 e. The second-order valence-electron chi connectivity index (χ2n) is 21.2. The molecule has 6 heterocycles. The van der Waals surface area contributed by atoms with Crippen LogP contribution in [0.2, 0.25) is 5.02 Å². The lowest BCUT2D eigenvalue weighted by molar-refractivity contribution is -0.136. The number of rotatable bonds is 11. The molecule has 1 aromatic rings. The topological polar surface area (TPSA) is 129 Å². The molecule has 4 amide bonds. The van der Waals surface area contributed by atoms with Crippen LogP contribution >= 0.6 is 11.6 Å². The molecule has 0 spiro atoms. The van der Waals surface area contributed by atoms with Crippen molar-refractivity contribution < 1.29 is 19.2 Å². The first-order valence-electron chi connectivity index (χ1n) is 21.7. The van der Waals surface area contributed by atoms with Gasteiger partial charge in [-0.05, 0) is 147 Å². The molecule has 4 aliphatic carbocycles. The van der Waals surface area contributed by atoms with Gasteiger partial charge in [-0.1, -0.05) is 11.6 Å². The quantitative estimate of drug-likeness (QED) is 0.262. The van der Waals surface area contributed by atoms with Crippen molar-refractivity contribution in [3.05, 3.63) is 28.8 Å². The SMILES string of the molecule is CC(C)(C)NC(=O)CN1C2CC1CN(CC(=O)NCC13CC4CC(CC(C4)C1)C3)C2.Cc1cc(Cl)cc(NC(=O)CN2CC3CC(C2)N3CC(=O)NC(C)(C)C)c1. The molecule has 13 heteroatoms. The highest BCUT2D eigenvalue weighted by Gasteiger charge is 2.51. The summed E-state index contributed by atoms with van der Waals surface area (Å²) in [5.41, 5.74) is 1.76. The van der Waals surface area contributed by atoms with Crippen molar-refractivity contribution in [2.24, 2.45) is 23.2 Å². The van der Waals surface area contributed by atoms with E-state index in [0.717, 1.165) is 74.6 Å². The molecule has 57 heavy (non-hydrogen) atoms. The van der Waals surface area contributed by atoms with Crippen LogP contribution in [0.3, 0.4) is 0 Å². The molecular weight excluding hydrogens is 740 g/mol. The van der Waals surface area contributed by atoms with E-state index in [0.29, 0.717) is 60.8 Å². The lowest BCUT2D eigenvalue weighted by Crippen LogP contribution is -2.70. The summed E-state index contributed by atoms with van der Waals surface area (Å²) < 4.78 is 0. The molecule has 0 radical (unpaired) electrons. The first-order chi connectivity index (χ1) is 26.7. The van der Waals surface area contributed by atoms with Crippen LogP contribution in [0, 0.1) is 30.1 Å². The van der Waals surface area contributed by atoms with Gasteiger partial charge in [-0.2, -0.15) is 0 Å². The number of carbonyl (C=O) groups excluding carboxylic acids is 4. The zero-order valence-electron chi connectivity index (χ0n) is 35.6. The Bertz CT molecular complexity index is 1590. The van der Waals surface area contributed by atoms with Gasteiger partial charge >= 0.3 is 0 Å². The van der Waals surface area contributed by atoms with E-state index in [1.807, 2.05) is 60.6 Å². The predicted octanol–water partition coefficient (Wildman–Crippen LogP) is 4.25. The number of fused-ring (bicyclic) bond motifs is 4. The van der Waals surface area contributed by atoms with E-state index in [9.17, 15) is 19.2 Å². The van der Waals surface area contributed by atoms with Crippen molar-refractivity contribution in [3.63, 3.8) is 0 Å². The number of amides is 4. The Hall–Kier alpha value is -2.77. The van der Waals surface area contributed by atoms with Crippen molar-refractivity contribution in [3.8, 4) is 0 Å². The van der Waals surface area contributed by atoms with Crippen LogP contribution in [-0.4, -0.2) is 137 Å². The summed E-state index contributed by atoms with van der Waals surface area (Å²) in [5, 5.41) is 13.0. The van der Waals surface area contributed by atoms with Crippen LogP contribution < -0.4 is 21.3 Å². The Labute approximate surface area is 345 Å². The van der Waals surface area contributed by atoms with Crippen LogP contribution in [0.4, 0.5) is 5.69 Å². The summed E-state index contributed by atoms with van der Waals surface area (Å²) in [5.74, 6) is 3.15. The lowest BCUT2D eigenvalue weighted by Gasteiger charge is -2.57. The van der Waals surface area contributed by atoms with Gasteiger partial charge < -0.3 is 21.3 Å². The molecule has 4 atom stereocenters. The second kappa shape index (κ2) is 16.7. The summed E-state index contributed by atoms with van der Waals surface area (Å²) in [4.78, 5) is 58.6. The van der Waals surface area contributed by atoms with Gasteiger partial charge in [0, 0.05) is 78.7 Å². The zero-order valence-corrected chi connectivity index (χ0v) is 36.4. The third-order valence-corrected chi connectivity index (χ3v) is 13.6. The number of nitrogens with zero attached hydrogens (tertiary/aromatic N) is 4. The maximum atomic E-state index is 12.7. The van der Waals surface area contributed by atoms with E-state index in [4.69, 9.17) is 11.6 Å². The average Bonchev–Trinajstić information content (AvgIpc) is 3.06. The summed E-state index contributed by atoms with van der Waals surface area (Å²) in [7, 11) is 0. The van der Waals surface area contributed by atoms with Crippen LogP contribution in [0.15, 0.2) is 18.2 Å². The summed E-state index contributed by atoms with van der Waals surface area (Å²) in [6.07, 6.45) is 10.7. The number of nitrogens with one attached hydrogen (secondary N) is 4. The highest BCUT2D eigenvalue weighted by Crippen LogP contribution is 2.59. The van der Waals surface area contributed by atoms with Crippen LogP contribution in [0.1, 0.15) is 98.5 Å². The molecule has 10 aliphatic rings. The second-order valence-corrected chi connectivity index (χ2v) is 21.6. The Kier molecular flexibility index (Phi) is 12.4. The van der Waals surface area contributed by atoms with Crippen molar-refractivity contribution in [2.45, 2.75) is 135 Å². The maximum Gasteiger partial charge on any atom is 0.238 e. The summed E-state index contributed by atoms with van der Waals surface area (Å²) >= 11 is 6.05. The van der Waals surface area contributed by atoms with E-state index >= 15 is 0 Å². The Morgan fingerprint density at radius 2 is 1.07 bits per heavy atom. The van der Waals surface area contributed by atoms with Gasteiger partial charge in [0.05, 0.1) is 26.2 Å². The van der Waals surface area contributed by atoms with Crippen molar-refractivity contribution in [2.75, 3.05) is 64.2 Å². The van der Waals surface area contributed by atoms with Crippen molar-refractivity contribution in [1.29, 1.82) is 0 Å². The Morgan fingerprint density at radius 3 is 1.49 bits per heavy atom. The standard InChI is InChI=1S/C24H40N4O2.C20H29ClN4O2/c1-23(2,3)26-22(30)14-28-19-7-20(28)12-27(11-19)13-21(29)25-15-24-8-16-4-17(9-24)6-18(5-16)10-24;1-13-5-14(21)7-15(6-13)22-18(26)11-24-9-16-8-17(10-24)25(16)12-19(27)23-20(2,3)4/h16-20H,4-15H2,1-3H3,(H,25,29)(H,26,30);5-7,16-17H,8-12H2,1-4H3,(H,22,26)(H,23,27). The third-order valence-electron chi connectivity index (χ3n) is 13.4. The molecule has 8 bridgehead atoms. The van der Waals surface area contributed by atoms with Gasteiger partial charge in [0.15, 0.2) is 0 Å². The summed E-state index contributed by atoms with van der Waals surface area (Å²) in [6, 6.07) is 7.09. The van der Waals surface area contributed by atoms with Crippen LogP contribution in [0.5, 0.6) is 0 Å².